The highest BCUT2D eigenvalue weighted by atomic mass is 31.1. The molecule has 3 aromatic carbocycles. The first kappa shape index (κ1) is 20.0. The lowest BCUT2D eigenvalue weighted by molar-refractivity contribution is 0.209. The summed E-state index contributed by atoms with van der Waals surface area (Å²) in [4.78, 5) is 0. The van der Waals surface area contributed by atoms with E-state index in [0.717, 1.165) is 0 Å². The minimum absolute atomic E-state index is 0.220. The molecule has 0 fully saturated rings. The number of para-hydroxylation sites is 2. The van der Waals surface area contributed by atoms with Crippen LogP contribution in [0.1, 0.15) is 34.5 Å². The lowest BCUT2D eigenvalue weighted by Crippen LogP contribution is -2.13. The first-order valence-electron chi connectivity index (χ1n) is 8.69. The van der Waals surface area contributed by atoms with Gasteiger partial charge in [0.2, 0.25) is 0 Å². The number of methoxy groups -OCH3 is 2. The van der Waals surface area contributed by atoms with Gasteiger partial charge in [0.15, 0.2) is 8.46 Å². The molecule has 0 amide bonds. The van der Waals surface area contributed by atoms with Crippen molar-refractivity contribution in [2.75, 3.05) is 14.2 Å². The molecule has 0 aromatic heterocycles. The largest absolute Gasteiger partial charge is 0.496 e. The van der Waals surface area contributed by atoms with Gasteiger partial charge in [0, 0.05) is 22.0 Å². The van der Waals surface area contributed by atoms with E-state index in [2.05, 4.69) is 0 Å². The van der Waals surface area contributed by atoms with E-state index in [1.165, 1.54) is 7.11 Å². The number of benzene rings is 3. The van der Waals surface area contributed by atoms with Gasteiger partial charge in [-0.2, -0.15) is 0 Å². The zero-order valence-corrected chi connectivity index (χ0v) is 16.5. The monoisotopic (exact) mass is 396 g/mol. The van der Waals surface area contributed by atoms with E-state index in [1.807, 2.05) is 18.2 Å². The van der Waals surface area contributed by atoms with E-state index in [0.29, 0.717) is 39.1 Å². The SMILES string of the molecule is COc1ccccc1C(O)c1ccc(P=O)c(C(O)c2ccccc2OC)c1. The van der Waals surface area contributed by atoms with Gasteiger partial charge in [0.25, 0.3) is 0 Å². The Hall–Kier alpha value is -2.72. The number of aliphatic hydroxyl groups excluding tert-OH is 2. The Balaban J connectivity index is 2.06. The maximum atomic E-state index is 11.6. The summed E-state index contributed by atoms with van der Waals surface area (Å²) in [5.74, 6) is 1.09. The summed E-state index contributed by atoms with van der Waals surface area (Å²) in [6.45, 7) is 0. The van der Waals surface area contributed by atoms with Crippen molar-refractivity contribution in [2.24, 2.45) is 0 Å². The molecule has 3 aromatic rings. The molecule has 3 rings (SSSR count). The van der Waals surface area contributed by atoms with Gasteiger partial charge in [-0.1, -0.05) is 42.5 Å². The zero-order valence-electron chi connectivity index (χ0n) is 15.6. The highest BCUT2D eigenvalue weighted by molar-refractivity contribution is 7.34. The molecular formula is C22H21O5P. The topological polar surface area (TPSA) is 76.0 Å². The molecule has 0 aliphatic heterocycles. The highest BCUT2D eigenvalue weighted by Crippen LogP contribution is 2.34. The van der Waals surface area contributed by atoms with Crippen molar-refractivity contribution in [1.29, 1.82) is 0 Å². The molecule has 2 unspecified atom stereocenters. The lowest BCUT2D eigenvalue weighted by atomic mass is 9.94. The fraction of sp³-hybridized carbons (Fsp3) is 0.182. The molecule has 0 saturated carbocycles. The third-order valence-electron chi connectivity index (χ3n) is 4.63. The molecule has 0 bridgehead atoms. The molecule has 5 nitrogen and oxygen atoms in total. The van der Waals surface area contributed by atoms with E-state index in [1.54, 1.807) is 55.6 Å². The van der Waals surface area contributed by atoms with Crippen LogP contribution in [0.25, 0.3) is 0 Å². The normalized spacial score (nSPS) is 13.1. The average Bonchev–Trinajstić information content (AvgIpc) is 2.77. The van der Waals surface area contributed by atoms with Crippen molar-refractivity contribution >= 4 is 13.8 Å². The summed E-state index contributed by atoms with van der Waals surface area (Å²) < 4.78 is 22.3. The fourth-order valence-electron chi connectivity index (χ4n) is 3.18. The van der Waals surface area contributed by atoms with Gasteiger partial charge >= 0.3 is 0 Å². The molecule has 28 heavy (non-hydrogen) atoms. The van der Waals surface area contributed by atoms with E-state index in [-0.39, 0.29) is 8.46 Å². The molecule has 2 atom stereocenters. The molecule has 0 spiro atoms. The molecule has 144 valence electrons. The van der Waals surface area contributed by atoms with Crippen LogP contribution in [-0.4, -0.2) is 24.4 Å². The summed E-state index contributed by atoms with van der Waals surface area (Å²) in [6.07, 6.45) is -2.02. The van der Waals surface area contributed by atoms with Crippen molar-refractivity contribution in [3.05, 3.63) is 89.0 Å². The van der Waals surface area contributed by atoms with E-state index < -0.39 is 12.2 Å². The van der Waals surface area contributed by atoms with E-state index in [4.69, 9.17) is 9.47 Å². The summed E-state index contributed by atoms with van der Waals surface area (Å²) in [5.41, 5.74) is 2.16. The second-order valence-electron chi connectivity index (χ2n) is 6.20. The third kappa shape index (κ3) is 3.92. The van der Waals surface area contributed by atoms with Crippen LogP contribution in [0.2, 0.25) is 0 Å². The van der Waals surface area contributed by atoms with Gasteiger partial charge in [-0.05, 0) is 29.8 Å². The van der Waals surface area contributed by atoms with Gasteiger partial charge in [0.05, 0.1) is 14.2 Å². The highest BCUT2D eigenvalue weighted by Gasteiger charge is 2.22. The average molecular weight is 396 g/mol. The minimum Gasteiger partial charge on any atom is -0.496 e. The Labute approximate surface area is 165 Å². The Morgan fingerprint density at radius 1 is 0.750 bits per heavy atom. The molecule has 0 aliphatic carbocycles. The summed E-state index contributed by atoms with van der Waals surface area (Å²) in [5, 5.41) is 22.3. The van der Waals surface area contributed by atoms with Crippen LogP contribution in [0.15, 0.2) is 66.7 Å². The predicted molar refractivity (Wildman–Crippen MR) is 108 cm³/mol. The molecular weight excluding hydrogens is 375 g/mol. The number of rotatable bonds is 7. The Morgan fingerprint density at radius 3 is 1.82 bits per heavy atom. The van der Waals surface area contributed by atoms with Crippen LogP contribution in [-0.2, 0) is 4.57 Å². The minimum atomic E-state index is -1.06. The van der Waals surface area contributed by atoms with Crippen molar-refractivity contribution < 1.29 is 24.3 Å². The Bertz CT molecular complexity index is 973. The van der Waals surface area contributed by atoms with Crippen LogP contribution in [0.3, 0.4) is 0 Å². The first-order valence-corrected chi connectivity index (χ1v) is 9.51. The lowest BCUT2D eigenvalue weighted by Gasteiger charge is -2.20. The predicted octanol–water partition coefficient (Wildman–Crippen LogP) is 3.78. The van der Waals surface area contributed by atoms with Gasteiger partial charge in [-0.25, -0.2) is 0 Å². The first-order chi connectivity index (χ1) is 13.6. The zero-order chi connectivity index (χ0) is 20.1. The number of hydrogen-bond donors (Lipinski definition) is 2. The summed E-state index contributed by atoms with van der Waals surface area (Å²) in [7, 11) is 2.85. The van der Waals surface area contributed by atoms with E-state index in [9.17, 15) is 14.8 Å². The molecule has 2 N–H and O–H groups in total. The molecule has 0 saturated heterocycles. The van der Waals surface area contributed by atoms with Crippen molar-refractivity contribution in [3.63, 3.8) is 0 Å². The summed E-state index contributed by atoms with van der Waals surface area (Å²) >= 11 is 0. The second kappa shape index (κ2) is 8.98. The van der Waals surface area contributed by atoms with Crippen LogP contribution >= 0.6 is 8.46 Å². The molecule has 0 heterocycles. The van der Waals surface area contributed by atoms with E-state index >= 15 is 0 Å². The molecule has 0 aliphatic rings. The maximum absolute atomic E-state index is 11.6. The van der Waals surface area contributed by atoms with Crippen molar-refractivity contribution in [1.82, 2.24) is 0 Å². The van der Waals surface area contributed by atoms with Crippen LogP contribution in [0.5, 0.6) is 11.5 Å². The van der Waals surface area contributed by atoms with Gasteiger partial charge in [-0.3, -0.25) is 4.57 Å². The summed E-state index contributed by atoms with van der Waals surface area (Å²) in [6, 6.07) is 19.3. The third-order valence-corrected chi connectivity index (χ3v) is 5.23. The number of hydrogen-bond acceptors (Lipinski definition) is 5. The van der Waals surface area contributed by atoms with Gasteiger partial charge in [-0.15, -0.1) is 0 Å². The van der Waals surface area contributed by atoms with Gasteiger partial charge in [0.1, 0.15) is 23.7 Å². The Kier molecular flexibility index (Phi) is 6.42. The van der Waals surface area contributed by atoms with Gasteiger partial charge < -0.3 is 19.7 Å². The quantitative estimate of drug-likeness (QED) is 0.595. The fourth-order valence-corrected chi connectivity index (χ4v) is 3.60. The Morgan fingerprint density at radius 2 is 1.29 bits per heavy atom. The smallest absolute Gasteiger partial charge is 0.192 e. The van der Waals surface area contributed by atoms with Crippen LogP contribution < -0.4 is 14.8 Å². The standard InChI is InChI=1S/C22H21O5P/c1-26-18-9-5-3-7-15(18)21(23)14-11-12-20(28-25)17(13-14)22(24)16-8-4-6-10-19(16)27-2/h3-13,21-24H,1-2H3. The number of aliphatic hydroxyl groups is 2. The number of ether oxygens (including phenoxy) is 2. The molecule has 0 radical (unpaired) electrons. The molecule has 6 heteroatoms. The van der Waals surface area contributed by atoms with Crippen molar-refractivity contribution in [2.45, 2.75) is 12.2 Å². The van der Waals surface area contributed by atoms with Crippen molar-refractivity contribution in [3.8, 4) is 11.5 Å². The maximum Gasteiger partial charge on any atom is 0.192 e. The van der Waals surface area contributed by atoms with Crippen LogP contribution in [0, 0.1) is 0 Å². The van der Waals surface area contributed by atoms with Crippen LogP contribution in [0.4, 0.5) is 0 Å². The second-order valence-corrected chi connectivity index (χ2v) is 6.86.